The fraction of sp³-hybridized carbons (Fsp3) is 0.310. The number of ether oxygens (including phenoxy) is 2. The van der Waals surface area contributed by atoms with E-state index >= 15 is 0 Å². The van der Waals surface area contributed by atoms with Crippen molar-refractivity contribution < 1.29 is 18.7 Å². The van der Waals surface area contributed by atoms with Crippen molar-refractivity contribution in [1.82, 2.24) is 15.0 Å². The summed E-state index contributed by atoms with van der Waals surface area (Å²) in [7, 11) is 1.48. The molecule has 2 heterocycles. The highest BCUT2D eigenvalue weighted by atomic mass is 35.5. The van der Waals surface area contributed by atoms with Gasteiger partial charge in [-0.2, -0.15) is 5.10 Å². The maximum atomic E-state index is 14.1. The molecule has 0 spiro atoms. The van der Waals surface area contributed by atoms with Gasteiger partial charge >= 0.3 is 0 Å². The fourth-order valence-corrected chi connectivity index (χ4v) is 6.27. The number of benzene rings is 2. The van der Waals surface area contributed by atoms with Crippen molar-refractivity contribution in [3.63, 3.8) is 0 Å². The Morgan fingerprint density at radius 2 is 2.17 bits per heavy atom. The quantitative estimate of drug-likeness (QED) is 0.213. The number of amides is 1. The molecule has 208 valence electrons. The average molecular weight is 583 g/mol. The molecule has 2 aromatic carbocycles. The van der Waals surface area contributed by atoms with E-state index in [-0.39, 0.29) is 22.8 Å². The second kappa shape index (κ2) is 11.8. The van der Waals surface area contributed by atoms with Crippen LogP contribution in [-0.4, -0.2) is 28.8 Å². The minimum Gasteiger partial charge on any atom is -0.493 e. The summed E-state index contributed by atoms with van der Waals surface area (Å²) in [6, 6.07) is 8.66. The molecule has 0 saturated heterocycles. The first-order valence-electron chi connectivity index (χ1n) is 12.8. The molecule has 2 aromatic heterocycles. The van der Waals surface area contributed by atoms with Crippen LogP contribution in [0.5, 0.6) is 11.5 Å². The van der Waals surface area contributed by atoms with Crippen molar-refractivity contribution in [2.24, 2.45) is 11.0 Å². The summed E-state index contributed by atoms with van der Waals surface area (Å²) in [6.07, 6.45) is 5.73. The Balaban J connectivity index is 1.26. The molecule has 8 nitrogen and oxygen atoms in total. The Kier molecular flexibility index (Phi) is 8.18. The topological polar surface area (TPSA) is 94.8 Å². The van der Waals surface area contributed by atoms with Gasteiger partial charge in [0.15, 0.2) is 11.5 Å². The number of nitrogens with one attached hydrogen (secondary N) is 1. The molecule has 1 N–H and O–H groups in total. The van der Waals surface area contributed by atoms with Crippen LogP contribution in [0, 0.1) is 11.7 Å². The third kappa shape index (κ3) is 5.59. The van der Waals surface area contributed by atoms with Crippen molar-refractivity contribution in [2.75, 3.05) is 7.11 Å². The molecule has 0 unspecified atom stereocenters. The van der Waals surface area contributed by atoms with Crippen LogP contribution in [0.15, 0.2) is 52.6 Å². The lowest BCUT2D eigenvalue weighted by Gasteiger charge is -2.18. The van der Waals surface area contributed by atoms with Crippen LogP contribution in [0.1, 0.15) is 47.9 Å². The molecule has 0 bridgehead atoms. The average Bonchev–Trinajstić information content (AvgIpc) is 3.31. The lowest BCUT2D eigenvalue weighted by molar-refractivity contribution is -0.123. The van der Waals surface area contributed by atoms with Gasteiger partial charge in [-0.05, 0) is 73.6 Å². The highest BCUT2D eigenvalue weighted by Crippen LogP contribution is 2.35. The van der Waals surface area contributed by atoms with Gasteiger partial charge in [0.2, 0.25) is 0 Å². The molecule has 0 saturated carbocycles. The van der Waals surface area contributed by atoms with Crippen LogP contribution in [0.4, 0.5) is 4.39 Å². The van der Waals surface area contributed by atoms with Crippen molar-refractivity contribution >= 4 is 45.3 Å². The van der Waals surface area contributed by atoms with E-state index in [0.29, 0.717) is 28.4 Å². The molecule has 40 heavy (non-hydrogen) atoms. The van der Waals surface area contributed by atoms with E-state index in [1.54, 1.807) is 42.5 Å². The van der Waals surface area contributed by atoms with Gasteiger partial charge in [-0.3, -0.25) is 14.2 Å². The van der Waals surface area contributed by atoms with E-state index < -0.39 is 17.8 Å². The number of carbonyl (C=O) groups is 1. The van der Waals surface area contributed by atoms with Crippen LogP contribution in [0.25, 0.3) is 10.2 Å². The monoisotopic (exact) mass is 582 g/mol. The Hall–Kier alpha value is -3.76. The molecule has 1 aliphatic rings. The Bertz CT molecular complexity index is 1650. The van der Waals surface area contributed by atoms with Gasteiger partial charge < -0.3 is 9.47 Å². The van der Waals surface area contributed by atoms with E-state index in [9.17, 15) is 14.0 Å². The molecule has 5 rings (SSSR count). The number of hydrogen-bond acceptors (Lipinski definition) is 7. The lowest BCUT2D eigenvalue weighted by atomic mass is 9.89. The summed E-state index contributed by atoms with van der Waals surface area (Å²) >= 11 is 7.65. The summed E-state index contributed by atoms with van der Waals surface area (Å²) in [4.78, 5) is 32.6. The minimum absolute atomic E-state index is 0.0728. The molecule has 11 heteroatoms. The number of aryl methyl sites for hydroxylation is 1. The van der Waals surface area contributed by atoms with E-state index in [4.69, 9.17) is 21.1 Å². The molecule has 0 aliphatic heterocycles. The third-order valence-electron chi connectivity index (χ3n) is 7.05. The number of halogens is 2. The highest BCUT2D eigenvalue weighted by Gasteiger charge is 2.25. The summed E-state index contributed by atoms with van der Waals surface area (Å²) in [5.74, 6) is 0.472. The summed E-state index contributed by atoms with van der Waals surface area (Å²) in [6.45, 7) is 3.78. The van der Waals surface area contributed by atoms with Crippen LogP contribution in [-0.2, 0) is 24.2 Å². The Morgan fingerprint density at radius 3 is 2.95 bits per heavy atom. The van der Waals surface area contributed by atoms with E-state index in [2.05, 4.69) is 22.4 Å². The Labute approximate surface area is 239 Å². The smallest absolute Gasteiger partial charge is 0.263 e. The fourth-order valence-electron chi connectivity index (χ4n) is 4.71. The van der Waals surface area contributed by atoms with Crippen LogP contribution >= 0.6 is 22.9 Å². The number of hydrogen-bond donors (Lipinski definition) is 1. The molecule has 4 aromatic rings. The molecule has 2 atom stereocenters. The van der Waals surface area contributed by atoms with Gasteiger partial charge in [0.25, 0.3) is 11.5 Å². The van der Waals surface area contributed by atoms with E-state index in [1.807, 2.05) is 0 Å². The largest absolute Gasteiger partial charge is 0.493 e. The van der Waals surface area contributed by atoms with Crippen molar-refractivity contribution in [3.8, 4) is 11.5 Å². The van der Waals surface area contributed by atoms with Gasteiger partial charge in [-0.1, -0.05) is 24.6 Å². The van der Waals surface area contributed by atoms with Crippen molar-refractivity contribution in [2.45, 2.75) is 45.8 Å². The number of fused-ring (bicyclic) bond motifs is 3. The number of thiophene rings is 1. The minimum atomic E-state index is -0.810. The second-order valence-electron chi connectivity index (χ2n) is 9.80. The van der Waals surface area contributed by atoms with Gasteiger partial charge in [0.05, 0.1) is 30.1 Å². The molecular formula is C29H28ClFN4O4S. The van der Waals surface area contributed by atoms with Gasteiger partial charge in [-0.15, -0.1) is 11.3 Å². The zero-order valence-electron chi connectivity index (χ0n) is 22.2. The van der Waals surface area contributed by atoms with Gasteiger partial charge in [-0.25, -0.2) is 14.8 Å². The molecule has 0 radical (unpaired) electrons. The molecule has 1 amide bonds. The SMILES string of the molecule is COc1cc(/C=N\NC(=O)[C@H](C)n2cnc3sc4c(c3c2=O)CC[C@@H](C)C4)ccc1OCc1c(F)cccc1Cl. The summed E-state index contributed by atoms with van der Waals surface area (Å²) in [5, 5.41) is 4.95. The van der Waals surface area contributed by atoms with Crippen LogP contribution < -0.4 is 20.5 Å². The predicted molar refractivity (Wildman–Crippen MR) is 154 cm³/mol. The number of rotatable bonds is 8. The number of aromatic nitrogens is 2. The highest BCUT2D eigenvalue weighted by molar-refractivity contribution is 7.18. The van der Waals surface area contributed by atoms with Crippen molar-refractivity contribution in [3.05, 3.63) is 85.5 Å². The Morgan fingerprint density at radius 1 is 1.35 bits per heavy atom. The first kappa shape index (κ1) is 27.8. The maximum absolute atomic E-state index is 14.1. The standard InChI is InChI=1S/C29H28ClFN4O4S/c1-16-7-9-19-25(11-16)40-28-26(19)29(37)35(15-32-28)17(2)27(36)34-33-13-18-8-10-23(24(12-18)38-3)39-14-20-21(30)5-4-6-22(20)31/h4-6,8,10,12-13,15-17H,7,9,11,14H2,1-3H3,(H,34,36)/b33-13-/t16-,17+/m1/s1. The molecular weight excluding hydrogens is 555 g/mol. The van der Waals surface area contributed by atoms with Gasteiger partial charge in [0.1, 0.15) is 23.3 Å². The molecule has 0 fully saturated rings. The third-order valence-corrected chi connectivity index (χ3v) is 8.56. The normalized spacial score (nSPS) is 15.7. The van der Waals surface area contributed by atoms with Gasteiger partial charge in [0, 0.05) is 10.4 Å². The predicted octanol–water partition coefficient (Wildman–Crippen LogP) is 5.67. The summed E-state index contributed by atoms with van der Waals surface area (Å²) < 4.78 is 26.5. The number of carbonyl (C=O) groups excluding carboxylic acids is 1. The van der Waals surface area contributed by atoms with E-state index in [0.717, 1.165) is 29.7 Å². The summed E-state index contributed by atoms with van der Waals surface area (Å²) in [5.41, 5.74) is 4.24. The zero-order chi connectivity index (χ0) is 28.4. The first-order chi connectivity index (χ1) is 19.3. The first-order valence-corrected chi connectivity index (χ1v) is 14.0. The van der Waals surface area contributed by atoms with Crippen LogP contribution in [0.2, 0.25) is 5.02 Å². The second-order valence-corrected chi connectivity index (χ2v) is 11.3. The molecule has 1 aliphatic carbocycles. The maximum Gasteiger partial charge on any atom is 0.263 e. The number of hydrazone groups is 1. The number of methoxy groups -OCH3 is 1. The zero-order valence-corrected chi connectivity index (χ0v) is 23.8. The van der Waals surface area contributed by atoms with Crippen LogP contribution in [0.3, 0.4) is 0 Å². The number of nitrogens with zero attached hydrogens (tertiary/aromatic N) is 3. The van der Waals surface area contributed by atoms with Crippen molar-refractivity contribution in [1.29, 1.82) is 0 Å². The van der Waals surface area contributed by atoms with E-state index in [1.165, 1.54) is 41.2 Å². The lowest BCUT2D eigenvalue weighted by Crippen LogP contribution is -2.34.